The molecule has 2 aliphatic rings. The highest BCUT2D eigenvalue weighted by Gasteiger charge is 2.40. The minimum absolute atomic E-state index is 0.0493. The predicted molar refractivity (Wildman–Crippen MR) is 161 cm³/mol. The molecule has 0 bridgehead atoms. The quantitative estimate of drug-likeness (QED) is 0.257. The number of hydrogen-bond acceptors (Lipinski definition) is 3. The van der Waals surface area contributed by atoms with E-state index in [0.29, 0.717) is 0 Å². The number of rotatable bonds is 1. The highest BCUT2D eigenvalue weighted by atomic mass is 16.5. The van der Waals surface area contributed by atoms with Crippen LogP contribution < -0.4 is 14.5 Å². The van der Waals surface area contributed by atoms with E-state index in [4.69, 9.17) is 4.74 Å². The van der Waals surface area contributed by atoms with Crippen molar-refractivity contribution in [2.75, 3.05) is 9.80 Å². The number of para-hydroxylation sites is 3. The van der Waals surface area contributed by atoms with Crippen LogP contribution in [0, 0.1) is 0 Å². The summed E-state index contributed by atoms with van der Waals surface area (Å²) in [4.78, 5) is 4.89. The van der Waals surface area contributed by atoms with Crippen LogP contribution in [0.1, 0.15) is 66.5 Å². The molecule has 38 heavy (non-hydrogen) atoms. The van der Waals surface area contributed by atoms with E-state index >= 15 is 0 Å². The van der Waals surface area contributed by atoms with Crippen LogP contribution in [-0.4, -0.2) is 11.1 Å². The molecular formula is C35H38N2O. The Morgan fingerprint density at radius 3 is 1.71 bits per heavy atom. The van der Waals surface area contributed by atoms with E-state index < -0.39 is 0 Å². The van der Waals surface area contributed by atoms with Crippen LogP contribution in [0.3, 0.4) is 0 Å². The molecule has 194 valence electrons. The van der Waals surface area contributed by atoms with Gasteiger partial charge in [0.15, 0.2) is 11.5 Å². The predicted octanol–water partition coefficient (Wildman–Crippen LogP) is 9.97. The number of hydrogen-bond donors (Lipinski definition) is 0. The van der Waals surface area contributed by atoms with E-state index in [1.54, 1.807) is 0 Å². The highest BCUT2D eigenvalue weighted by Crippen LogP contribution is 2.53. The second kappa shape index (κ2) is 8.14. The highest BCUT2D eigenvalue weighted by molar-refractivity contribution is 5.85. The van der Waals surface area contributed by atoms with E-state index in [1.165, 1.54) is 28.1 Å². The van der Waals surface area contributed by atoms with Gasteiger partial charge in [0.2, 0.25) is 0 Å². The fourth-order valence-electron chi connectivity index (χ4n) is 6.27. The number of fused-ring (bicyclic) bond motifs is 4. The summed E-state index contributed by atoms with van der Waals surface area (Å²) in [6, 6.07) is 30.8. The minimum Gasteiger partial charge on any atom is -0.453 e. The van der Waals surface area contributed by atoms with Gasteiger partial charge in [-0.15, -0.1) is 0 Å². The van der Waals surface area contributed by atoms with E-state index in [0.717, 1.165) is 28.4 Å². The molecule has 2 heterocycles. The molecular weight excluding hydrogens is 464 g/mol. The average Bonchev–Trinajstić information content (AvgIpc) is 2.85. The molecule has 0 unspecified atom stereocenters. The molecule has 4 aromatic rings. The Hall–Kier alpha value is -3.72. The third kappa shape index (κ3) is 3.71. The SMILES string of the molecule is CC1(C)c2ccccc2N(C(C)(C)C)c2ccc(-c3ccc4c(c3)Oc3ccccc3N4C(C)(C)C)cc21. The summed E-state index contributed by atoms with van der Waals surface area (Å²) in [5, 5.41) is 0. The zero-order valence-corrected chi connectivity index (χ0v) is 23.9. The fourth-order valence-corrected chi connectivity index (χ4v) is 6.27. The van der Waals surface area contributed by atoms with Gasteiger partial charge < -0.3 is 14.5 Å². The van der Waals surface area contributed by atoms with Crippen molar-refractivity contribution in [3.8, 4) is 22.6 Å². The molecule has 0 spiro atoms. The van der Waals surface area contributed by atoms with Gasteiger partial charge >= 0.3 is 0 Å². The first-order valence-electron chi connectivity index (χ1n) is 13.6. The van der Waals surface area contributed by atoms with Gasteiger partial charge in [-0.25, -0.2) is 0 Å². The lowest BCUT2D eigenvalue weighted by Gasteiger charge is -2.48. The maximum atomic E-state index is 6.48. The van der Waals surface area contributed by atoms with Gasteiger partial charge in [-0.1, -0.05) is 56.3 Å². The molecule has 0 aliphatic carbocycles. The van der Waals surface area contributed by atoms with E-state index in [1.807, 2.05) is 6.07 Å². The first kappa shape index (κ1) is 24.6. The summed E-state index contributed by atoms with van der Waals surface area (Å²) in [5.41, 5.74) is 9.63. The van der Waals surface area contributed by atoms with Gasteiger partial charge in [-0.3, -0.25) is 0 Å². The van der Waals surface area contributed by atoms with Crippen LogP contribution in [0.2, 0.25) is 0 Å². The van der Waals surface area contributed by atoms with Crippen molar-refractivity contribution in [1.29, 1.82) is 0 Å². The molecule has 3 nitrogen and oxygen atoms in total. The summed E-state index contributed by atoms with van der Waals surface area (Å²) in [5.74, 6) is 1.80. The lowest BCUT2D eigenvalue weighted by molar-refractivity contribution is 0.451. The van der Waals surface area contributed by atoms with Crippen molar-refractivity contribution < 1.29 is 4.74 Å². The summed E-state index contributed by atoms with van der Waals surface area (Å²) in [6.45, 7) is 18.3. The summed E-state index contributed by atoms with van der Waals surface area (Å²) in [6.07, 6.45) is 0. The fraction of sp³-hybridized carbons (Fsp3) is 0.314. The standard InChI is InChI=1S/C35H38N2O/c1-33(2,3)36-27-14-10-9-13-25(27)35(7,8)26-21-23(17-19-28(26)36)24-18-20-30-32(22-24)38-31-16-12-11-15-29(31)37(30)34(4,5)6/h9-22H,1-8H3. The maximum absolute atomic E-state index is 6.48. The van der Waals surface area contributed by atoms with Gasteiger partial charge in [0.25, 0.3) is 0 Å². The second-order valence-electron chi connectivity index (χ2n) is 13.1. The molecule has 0 saturated heterocycles. The molecule has 4 aromatic carbocycles. The zero-order valence-electron chi connectivity index (χ0n) is 23.9. The molecule has 0 radical (unpaired) electrons. The lowest BCUT2D eigenvalue weighted by atomic mass is 9.72. The normalized spacial score (nSPS) is 15.7. The van der Waals surface area contributed by atoms with Crippen LogP contribution in [0.25, 0.3) is 11.1 Å². The van der Waals surface area contributed by atoms with Crippen LogP contribution in [0.4, 0.5) is 22.7 Å². The monoisotopic (exact) mass is 502 g/mol. The van der Waals surface area contributed by atoms with E-state index in [-0.39, 0.29) is 16.5 Å². The van der Waals surface area contributed by atoms with E-state index in [9.17, 15) is 0 Å². The Balaban J connectivity index is 1.49. The van der Waals surface area contributed by atoms with E-state index in [2.05, 4.69) is 144 Å². The molecule has 0 fully saturated rings. The summed E-state index contributed by atoms with van der Waals surface area (Å²) >= 11 is 0. The lowest BCUT2D eigenvalue weighted by Crippen LogP contribution is -2.43. The Kier molecular flexibility index (Phi) is 5.27. The molecule has 0 atom stereocenters. The number of nitrogens with zero attached hydrogens (tertiary/aromatic N) is 2. The van der Waals surface area contributed by atoms with Gasteiger partial charge in [0.05, 0.1) is 11.4 Å². The summed E-state index contributed by atoms with van der Waals surface area (Å²) < 4.78 is 6.48. The number of anilines is 4. The van der Waals surface area contributed by atoms with Crippen molar-refractivity contribution in [2.45, 2.75) is 71.9 Å². The van der Waals surface area contributed by atoms with Gasteiger partial charge in [0, 0.05) is 27.9 Å². The smallest absolute Gasteiger partial charge is 0.151 e. The second-order valence-corrected chi connectivity index (χ2v) is 13.1. The third-order valence-electron chi connectivity index (χ3n) is 7.93. The first-order chi connectivity index (χ1) is 17.9. The first-order valence-corrected chi connectivity index (χ1v) is 13.6. The van der Waals surface area contributed by atoms with Crippen LogP contribution in [0.5, 0.6) is 11.5 Å². The molecule has 0 amide bonds. The molecule has 3 heteroatoms. The average molecular weight is 503 g/mol. The number of benzene rings is 4. The Labute approximate surface area is 227 Å². The Morgan fingerprint density at radius 1 is 0.526 bits per heavy atom. The van der Waals surface area contributed by atoms with Crippen molar-refractivity contribution in [3.63, 3.8) is 0 Å². The summed E-state index contributed by atoms with van der Waals surface area (Å²) in [7, 11) is 0. The van der Waals surface area contributed by atoms with Crippen LogP contribution in [0.15, 0.2) is 84.9 Å². The zero-order chi connectivity index (χ0) is 27.0. The molecule has 0 aromatic heterocycles. The topological polar surface area (TPSA) is 15.7 Å². The van der Waals surface area contributed by atoms with Crippen molar-refractivity contribution in [3.05, 3.63) is 96.1 Å². The Morgan fingerprint density at radius 2 is 1.03 bits per heavy atom. The van der Waals surface area contributed by atoms with Crippen LogP contribution in [-0.2, 0) is 5.41 Å². The van der Waals surface area contributed by atoms with Crippen LogP contribution >= 0.6 is 0 Å². The van der Waals surface area contributed by atoms with Crippen molar-refractivity contribution in [1.82, 2.24) is 0 Å². The molecule has 2 aliphatic heterocycles. The van der Waals surface area contributed by atoms with Crippen molar-refractivity contribution >= 4 is 22.7 Å². The van der Waals surface area contributed by atoms with Gasteiger partial charge in [-0.05, 0) is 106 Å². The van der Waals surface area contributed by atoms with Gasteiger partial charge in [-0.2, -0.15) is 0 Å². The van der Waals surface area contributed by atoms with Crippen molar-refractivity contribution in [2.24, 2.45) is 0 Å². The molecule has 0 saturated carbocycles. The molecule has 6 rings (SSSR count). The largest absolute Gasteiger partial charge is 0.453 e. The minimum atomic E-state index is -0.115. The number of ether oxygens (including phenoxy) is 1. The van der Waals surface area contributed by atoms with Gasteiger partial charge in [0.1, 0.15) is 0 Å². The third-order valence-corrected chi connectivity index (χ3v) is 7.93. The maximum Gasteiger partial charge on any atom is 0.151 e. The molecule has 0 N–H and O–H groups in total. The Bertz CT molecular complexity index is 1550.